The van der Waals surface area contributed by atoms with E-state index in [2.05, 4.69) is 19.8 Å². The number of anilines is 1. The molecule has 3 atom stereocenters. The van der Waals surface area contributed by atoms with Crippen LogP contribution in [0.1, 0.15) is 37.2 Å². The second-order valence-electron chi connectivity index (χ2n) is 7.54. The normalized spacial score (nSPS) is 30.1. The summed E-state index contributed by atoms with van der Waals surface area (Å²) in [5.41, 5.74) is 0.995. The molecular weight excluding hydrogens is 288 g/mol. The molecule has 1 saturated carbocycles. The quantitative estimate of drug-likeness (QED) is 0.839. The van der Waals surface area contributed by atoms with Crippen molar-refractivity contribution >= 4 is 11.7 Å². The number of hydrogen-bond acceptors (Lipinski definition) is 4. The number of hydrogen-bond donors (Lipinski definition) is 0. The molecule has 3 aliphatic rings. The van der Waals surface area contributed by atoms with Gasteiger partial charge in [-0.05, 0) is 44.9 Å². The van der Waals surface area contributed by atoms with Crippen molar-refractivity contribution in [1.29, 1.82) is 0 Å². The van der Waals surface area contributed by atoms with Gasteiger partial charge in [0.2, 0.25) is 5.91 Å². The molecule has 1 aliphatic carbocycles. The Labute approximate surface area is 138 Å². The van der Waals surface area contributed by atoms with Crippen LogP contribution in [0.15, 0.2) is 6.07 Å². The van der Waals surface area contributed by atoms with Gasteiger partial charge in [-0.2, -0.15) is 0 Å². The second kappa shape index (κ2) is 5.77. The number of rotatable bonds is 2. The van der Waals surface area contributed by atoms with Gasteiger partial charge in [0, 0.05) is 37.9 Å². The molecule has 2 aliphatic heterocycles. The molecule has 3 unspecified atom stereocenters. The summed E-state index contributed by atoms with van der Waals surface area (Å²) in [5.74, 6) is 3.87. The van der Waals surface area contributed by atoms with E-state index in [1.165, 1.54) is 19.3 Å². The lowest BCUT2D eigenvalue weighted by Crippen LogP contribution is -2.36. The van der Waals surface area contributed by atoms with Gasteiger partial charge >= 0.3 is 0 Å². The zero-order valence-electron chi connectivity index (χ0n) is 14.2. The van der Waals surface area contributed by atoms with Crippen LogP contribution >= 0.6 is 0 Å². The third-order valence-corrected chi connectivity index (χ3v) is 5.85. The Balaban J connectivity index is 1.41. The monoisotopic (exact) mass is 314 g/mol. The standard InChI is InChI=1S/C18H26N4O/c1-12-8-17(20-13(2)19-12)21-7-6-16(11-21)18(23)22-9-14-4-3-5-15(14)10-22/h8,14-16H,3-7,9-11H2,1-2H3. The molecule has 124 valence electrons. The highest BCUT2D eigenvalue weighted by atomic mass is 16.2. The van der Waals surface area contributed by atoms with Gasteiger partial charge in [0.25, 0.3) is 0 Å². The number of nitrogens with zero attached hydrogens (tertiary/aromatic N) is 4. The molecule has 1 amide bonds. The highest BCUT2D eigenvalue weighted by Gasteiger charge is 2.41. The van der Waals surface area contributed by atoms with Crippen LogP contribution in [0.3, 0.4) is 0 Å². The van der Waals surface area contributed by atoms with E-state index < -0.39 is 0 Å². The SMILES string of the molecule is Cc1cc(N2CCC(C(=O)N3CC4CCCC4C3)C2)nc(C)n1. The molecule has 2 saturated heterocycles. The molecule has 23 heavy (non-hydrogen) atoms. The van der Waals surface area contributed by atoms with Gasteiger partial charge in [-0.25, -0.2) is 9.97 Å². The fourth-order valence-electron chi connectivity index (χ4n) is 4.70. The zero-order chi connectivity index (χ0) is 16.0. The zero-order valence-corrected chi connectivity index (χ0v) is 14.2. The van der Waals surface area contributed by atoms with Gasteiger partial charge in [0.15, 0.2) is 0 Å². The van der Waals surface area contributed by atoms with E-state index in [1.807, 2.05) is 19.9 Å². The van der Waals surface area contributed by atoms with Crippen molar-refractivity contribution in [2.24, 2.45) is 17.8 Å². The average Bonchev–Trinajstić information content (AvgIpc) is 3.21. The summed E-state index contributed by atoms with van der Waals surface area (Å²) in [6.45, 7) is 7.67. The molecule has 1 aromatic rings. The largest absolute Gasteiger partial charge is 0.356 e. The lowest BCUT2D eigenvalue weighted by Gasteiger charge is -2.22. The molecule has 4 rings (SSSR count). The number of carbonyl (C=O) groups excluding carboxylic acids is 1. The Morgan fingerprint density at radius 3 is 2.52 bits per heavy atom. The van der Waals surface area contributed by atoms with E-state index in [-0.39, 0.29) is 5.92 Å². The Kier molecular flexibility index (Phi) is 3.74. The van der Waals surface area contributed by atoms with E-state index in [0.717, 1.165) is 61.8 Å². The maximum atomic E-state index is 12.9. The van der Waals surface area contributed by atoms with Crippen molar-refractivity contribution in [1.82, 2.24) is 14.9 Å². The highest BCUT2D eigenvalue weighted by Crippen LogP contribution is 2.38. The summed E-state index contributed by atoms with van der Waals surface area (Å²) >= 11 is 0. The van der Waals surface area contributed by atoms with Gasteiger partial charge in [0.1, 0.15) is 11.6 Å². The Hall–Kier alpha value is -1.65. The first-order valence-corrected chi connectivity index (χ1v) is 8.96. The van der Waals surface area contributed by atoms with Crippen LogP contribution in [-0.2, 0) is 4.79 Å². The van der Waals surface area contributed by atoms with Gasteiger partial charge in [-0.3, -0.25) is 4.79 Å². The molecular formula is C18H26N4O. The van der Waals surface area contributed by atoms with Crippen molar-refractivity contribution in [2.75, 3.05) is 31.1 Å². The van der Waals surface area contributed by atoms with Crippen LogP contribution in [-0.4, -0.2) is 47.0 Å². The number of aromatic nitrogens is 2. The fourth-order valence-corrected chi connectivity index (χ4v) is 4.70. The Morgan fingerprint density at radius 2 is 1.83 bits per heavy atom. The molecule has 1 aromatic heterocycles. The molecule has 0 bridgehead atoms. The van der Waals surface area contributed by atoms with Crippen LogP contribution < -0.4 is 4.90 Å². The number of aryl methyl sites for hydroxylation is 2. The Morgan fingerprint density at radius 1 is 1.09 bits per heavy atom. The maximum absolute atomic E-state index is 12.9. The van der Waals surface area contributed by atoms with Gasteiger partial charge in [0.05, 0.1) is 5.92 Å². The van der Waals surface area contributed by atoms with E-state index in [9.17, 15) is 4.79 Å². The first-order valence-electron chi connectivity index (χ1n) is 8.96. The Bertz CT molecular complexity index is 585. The molecule has 0 N–H and O–H groups in total. The smallest absolute Gasteiger partial charge is 0.227 e. The number of carbonyl (C=O) groups is 1. The molecule has 3 heterocycles. The van der Waals surface area contributed by atoms with E-state index in [1.54, 1.807) is 0 Å². The molecule has 3 fully saturated rings. The molecule has 0 spiro atoms. The second-order valence-corrected chi connectivity index (χ2v) is 7.54. The lowest BCUT2D eigenvalue weighted by molar-refractivity contribution is -0.134. The predicted octanol–water partition coefficient (Wildman–Crippen LogP) is 2.18. The summed E-state index contributed by atoms with van der Waals surface area (Å²) in [6, 6.07) is 2.03. The van der Waals surface area contributed by atoms with Crippen LogP contribution in [0.25, 0.3) is 0 Å². The van der Waals surface area contributed by atoms with Gasteiger partial charge in [-0.1, -0.05) is 6.42 Å². The van der Waals surface area contributed by atoms with Crippen LogP contribution in [0.2, 0.25) is 0 Å². The molecule has 0 aromatic carbocycles. The van der Waals surface area contributed by atoms with Crippen molar-refractivity contribution < 1.29 is 4.79 Å². The molecule has 5 nitrogen and oxygen atoms in total. The van der Waals surface area contributed by atoms with Crippen LogP contribution in [0.5, 0.6) is 0 Å². The summed E-state index contributed by atoms with van der Waals surface area (Å²) in [4.78, 5) is 26.1. The van der Waals surface area contributed by atoms with Crippen LogP contribution in [0.4, 0.5) is 5.82 Å². The minimum absolute atomic E-state index is 0.143. The van der Waals surface area contributed by atoms with Crippen molar-refractivity contribution in [3.05, 3.63) is 17.6 Å². The molecule has 0 radical (unpaired) electrons. The average molecular weight is 314 g/mol. The maximum Gasteiger partial charge on any atom is 0.227 e. The van der Waals surface area contributed by atoms with Crippen molar-refractivity contribution in [2.45, 2.75) is 39.5 Å². The van der Waals surface area contributed by atoms with Gasteiger partial charge < -0.3 is 9.80 Å². The fraction of sp³-hybridized carbons (Fsp3) is 0.722. The van der Waals surface area contributed by atoms with Crippen molar-refractivity contribution in [3.63, 3.8) is 0 Å². The molecule has 5 heteroatoms. The minimum Gasteiger partial charge on any atom is -0.356 e. The third kappa shape index (κ3) is 2.81. The van der Waals surface area contributed by atoms with Crippen LogP contribution in [0, 0.1) is 31.6 Å². The summed E-state index contributed by atoms with van der Waals surface area (Å²) < 4.78 is 0. The lowest BCUT2D eigenvalue weighted by atomic mass is 10.0. The van der Waals surface area contributed by atoms with E-state index >= 15 is 0 Å². The number of likely N-dealkylation sites (tertiary alicyclic amines) is 1. The van der Waals surface area contributed by atoms with Gasteiger partial charge in [-0.15, -0.1) is 0 Å². The third-order valence-electron chi connectivity index (χ3n) is 5.85. The van der Waals surface area contributed by atoms with Crippen molar-refractivity contribution in [3.8, 4) is 0 Å². The number of fused-ring (bicyclic) bond motifs is 1. The topological polar surface area (TPSA) is 49.3 Å². The summed E-state index contributed by atoms with van der Waals surface area (Å²) in [5, 5.41) is 0. The first-order chi connectivity index (χ1) is 11.1. The summed E-state index contributed by atoms with van der Waals surface area (Å²) in [6.07, 6.45) is 4.96. The first kappa shape index (κ1) is 14.9. The number of amides is 1. The van der Waals surface area contributed by atoms with E-state index in [4.69, 9.17) is 0 Å². The summed E-state index contributed by atoms with van der Waals surface area (Å²) in [7, 11) is 0. The minimum atomic E-state index is 0.143. The van der Waals surface area contributed by atoms with E-state index in [0.29, 0.717) is 5.91 Å². The highest BCUT2D eigenvalue weighted by molar-refractivity contribution is 5.80. The predicted molar refractivity (Wildman–Crippen MR) is 89.2 cm³/mol.